The van der Waals surface area contributed by atoms with Crippen LogP contribution in [0.3, 0.4) is 0 Å². The number of benzene rings is 1. The molecule has 22 heavy (non-hydrogen) atoms. The van der Waals surface area contributed by atoms with Gasteiger partial charge in [0, 0.05) is 21.9 Å². The van der Waals surface area contributed by atoms with Gasteiger partial charge in [-0.1, -0.05) is 0 Å². The number of nitrogens with zero attached hydrogens (tertiary/aromatic N) is 2. The van der Waals surface area contributed by atoms with Crippen molar-refractivity contribution in [2.24, 2.45) is 0 Å². The van der Waals surface area contributed by atoms with Crippen LogP contribution < -0.4 is 5.32 Å². The smallest absolute Gasteiger partial charge is 0.256 e. The minimum atomic E-state index is -0.373. The minimum absolute atomic E-state index is 0.245. The molecule has 2 aromatic heterocycles. The number of halogens is 2. The monoisotopic (exact) mass is 357 g/mol. The Balaban J connectivity index is 1.91. The van der Waals surface area contributed by atoms with E-state index in [4.69, 9.17) is 0 Å². The molecule has 0 fully saturated rings. The third-order valence-corrected chi connectivity index (χ3v) is 4.02. The fourth-order valence-electron chi connectivity index (χ4n) is 2.53. The first kappa shape index (κ1) is 13.2. The van der Waals surface area contributed by atoms with Gasteiger partial charge in [-0.25, -0.2) is 9.37 Å². The molecule has 0 unspecified atom stereocenters. The molecule has 0 radical (unpaired) electrons. The van der Waals surface area contributed by atoms with Crippen LogP contribution in [0.15, 0.2) is 47.2 Å². The van der Waals surface area contributed by atoms with E-state index in [1.165, 1.54) is 12.1 Å². The predicted octanol–water partition coefficient (Wildman–Crippen LogP) is 3.73. The summed E-state index contributed by atoms with van der Waals surface area (Å²) in [6.07, 6.45) is 5.26. The molecule has 1 amide bonds. The first-order valence-electron chi connectivity index (χ1n) is 6.57. The number of aromatic nitrogens is 2. The zero-order valence-electron chi connectivity index (χ0n) is 11.2. The van der Waals surface area contributed by atoms with Crippen LogP contribution in [0.25, 0.3) is 17.3 Å². The summed E-state index contributed by atoms with van der Waals surface area (Å²) in [6, 6.07) is 8.01. The van der Waals surface area contributed by atoms with Crippen molar-refractivity contribution >= 4 is 44.8 Å². The van der Waals surface area contributed by atoms with Crippen molar-refractivity contribution in [1.82, 2.24) is 9.38 Å². The van der Waals surface area contributed by atoms with E-state index in [2.05, 4.69) is 26.2 Å². The molecule has 3 heterocycles. The summed E-state index contributed by atoms with van der Waals surface area (Å²) in [6.45, 7) is 0. The van der Waals surface area contributed by atoms with E-state index >= 15 is 0 Å². The highest BCUT2D eigenvalue weighted by Crippen LogP contribution is 2.33. The third kappa shape index (κ3) is 2.03. The van der Waals surface area contributed by atoms with Crippen LogP contribution in [0.4, 0.5) is 10.1 Å². The van der Waals surface area contributed by atoms with Gasteiger partial charge >= 0.3 is 0 Å². The summed E-state index contributed by atoms with van der Waals surface area (Å²) in [5.74, 6) is -0.618. The molecule has 4 nitrogen and oxygen atoms in total. The topological polar surface area (TPSA) is 46.4 Å². The quantitative estimate of drug-likeness (QED) is 0.674. The fourth-order valence-corrected chi connectivity index (χ4v) is 2.87. The van der Waals surface area contributed by atoms with Gasteiger partial charge in [0.05, 0.1) is 17.5 Å². The second kappa shape index (κ2) is 4.78. The van der Waals surface area contributed by atoms with Gasteiger partial charge in [0.25, 0.3) is 5.91 Å². The number of carbonyl (C=O) groups excluding carboxylic acids is 1. The summed E-state index contributed by atoms with van der Waals surface area (Å²) < 4.78 is 16.2. The summed E-state index contributed by atoms with van der Waals surface area (Å²) in [7, 11) is 0. The van der Waals surface area contributed by atoms with Gasteiger partial charge in [-0.05, 0) is 52.3 Å². The molecule has 1 N–H and O–H groups in total. The second-order valence-corrected chi connectivity index (χ2v) is 5.88. The van der Waals surface area contributed by atoms with Gasteiger partial charge in [0.1, 0.15) is 11.5 Å². The minimum Gasteiger partial charge on any atom is -0.321 e. The van der Waals surface area contributed by atoms with E-state index in [1.807, 2.05) is 22.7 Å². The number of hydrogen-bond donors (Lipinski definition) is 1. The van der Waals surface area contributed by atoms with Crippen LogP contribution >= 0.6 is 15.9 Å². The van der Waals surface area contributed by atoms with Crippen molar-refractivity contribution in [1.29, 1.82) is 0 Å². The van der Waals surface area contributed by atoms with Crippen molar-refractivity contribution in [3.63, 3.8) is 0 Å². The van der Waals surface area contributed by atoms with Gasteiger partial charge in [-0.2, -0.15) is 0 Å². The summed E-state index contributed by atoms with van der Waals surface area (Å²) in [5.41, 5.74) is 3.13. The molecular weight excluding hydrogens is 349 g/mol. The predicted molar refractivity (Wildman–Crippen MR) is 85.8 cm³/mol. The molecular formula is C16H9BrFN3O. The van der Waals surface area contributed by atoms with E-state index in [9.17, 15) is 9.18 Å². The maximum absolute atomic E-state index is 13.5. The third-order valence-electron chi connectivity index (χ3n) is 3.55. The SMILES string of the molecule is O=C1Nc2ccc(F)cc2/C1=C/c1cnc2ccc(Br)cn12. The number of nitrogens with one attached hydrogen (secondary N) is 1. The van der Waals surface area contributed by atoms with Crippen molar-refractivity contribution in [2.45, 2.75) is 0 Å². The summed E-state index contributed by atoms with van der Waals surface area (Å²) in [4.78, 5) is 16.4. The number of fused-ring (bicyclic) bond motifs is 2. The average Bonchev–Trinajstić information content (AvgIpc) is 3.02. The Labute approximate surface area is 133 Å². The summed E-state index contributed by atoms with van der Waals surface area (Å²) in [5, 5.41) is 2.73. The number of pyridine rings is 1. The molecule has 0 bridgehead atoms. The Hall–Kier alpha value is -2.47. The largest absolute Gasteiger partial charge is 0.321 e. The van der Waals surface area contributed by atoms with Crippen LogP contribution in [0.5, 0.6) is 0 Å². The number of imidazole rings is 1. The Morgan fingerprint density at radius 1 is 1.27 bits per heavy atom. The van der Waals surface area contributed by atoms with E-state index in [0.29, 0.717) is 16.8 Å². The maximum atomic E-state index is 13.5. The number of carbonyl (C=O) groups is 1. The Bertz CT molecular complexity index is 961. The average molecular weight is 358 g/mol. The molecule has 4 rings (SSSR count). The normalized spacial score (nSPS) is 15.4. The first-order valence-corrected chi connectivity index (χ1v) is 7.37. The standard InChI is InChI=1S/C16H9BrFN3O/c17-9-1-4-15-19-7-11(21(15)8-9)6-13-12-5-10(18)2-3-14(12)20-16(13)22/h1-8H,(H,20,22)/b13-6-. The number of amides is 1. The van der Waals surface area contributed by atoms with Crippen molar-refractivity contribution in [3.8, 4) is 0 Å². The van der Waals surface area contributed by atoms with Gasteiger partial charge in [-0.15, -0.1) is 0 Å². The van der Waals surface area contributed by atoms with Crippen LogP contribution in [-0.4, -0.2) is 15.3 Å². The van der Waals surface area contributed by atoms with Gasteiger partial charge < -0.3 is 5.32 Å². The molecule has 0 saturated carbocycles. The van der Waals surface area contributed by atoms with E-state index < -0.39 is 0 Å². The van der Waals surface area contributed by atoms with E-state index in [-0.39, 0.29) is 11.7 Å². The van der Waals surface area contributed by atoms with E-state index in [0.717, 1.165) is 15.8 Å². The molecule has 0 spiro atoms. The van der Waals surface area contributed by atoms with Crippen molar-refractivity contribution < 1.29 is 9.18 Å². The summed E-state index contributed by atoms with van der Waals surface area (Å²) >= 11 is 3.41. The molecule has 0 saturated heterocycles. The Kier molecular flexibility index (Phi) is 2.87. The van der Waals surface area contributed by atoms with Crippen LogP contribution in [-0.2, 0) is 4.79 Å². The highest BCUT2D eigenvalue weighted by Gasteiger charge is 2.24. The van der Waals surface area contributed by atoms with Crippen molar-refractivity contribution in [2.75, 3.05) is 5.32 Å². The lowest BCUT2D eigenvalue weighted by atomic mass is 10.1. The Morgan fingerprint density at radius 3 is 3.00 bits per heavy atom. The van der Waals surface area contributed by atoms with E-state index in [1.54, 1.807) is 18.3 Å². The number of hydrogen-bond acceptors (Lipinski definition) is 2. The van der Waals surface area contributed by atoms with Gasteiger partial charge in [0.2, 0.25) is 0 Å². The zero-order valence-corrected chi connectivity index (χ0v) is 12.8. The molecule has 108 valence electrons. The number of rotatable bonds is 1. The first-order chi connectivity index (χ1) is 10.6. The Morgan fingerprint density at radius 2 is 2.14 bits per heavy atom. The van der Waals surface area contributed by atoms with Crippen LogP contribution in [0.2, 0.25) is 0 Å². The van der Waals surface area contributed by atoms with Crippen molar-refractivity contribution in [3.05, 3.63) is 64.3 Å². The zero-order chi connectivity index (χ0) is 15.3. The lowest BCUT2D eigenvalue weighted by Crippen LogP contribution is -2.03. The molecule has 1 aliphatic rings. The maximum Gasteiger partial charge on any atom is 0.256 e. The lowest BCUT2D eigenvalue weighted by Gasteiger charge is -2.00. The molecule has 1 aromatic carbocycles. The number of anilines is 1. The molecule has 1 aliphatic heterocycles. The lowest BCUT2D eigenvalue weighted by molar-refractivity contribution is -0.110. The highest BCUT2D eigenvalue weighted by atomic mass is 79.9. The van der Waals surface area contributed by atoms with Gasteiger partial charge in [-0.3, -0.25) is 9.20 Å². The second-order valence-electron chi connectivity index (χ2n) is 4.96. The van der Waals surface area contributed by atoms with Crippen LogP contribution in [0.1, 0.15) is 11.3 Å². The molecule has 6 heteroatoms. The van der Waals surface area contributed by atoms with Gasteiger partial charge in [0.15, 0.2) is 0 Å². The highest BCUT2D eigenvalue weighted by molar-refractivity contribution is 9.10. The molecule has 0 atom stereocenters. The molecule has 0 aliphatic carbocycles. The molecule has 3 aromatic rings. The fraction of sp³-hybridized carbons (Fsp3) is 0. The van der Waals surface area contributed by atoms with Crippen LogP contribution in [0, 0.1) is 5.82 Å².